The monoisotopic (exact) mass is 578 g/mol. The maximum atomic E-state index is 11.9. The van der Waals surface area contributed by atoms with Gasteiger partial charge in [0.15, 0.2) is 0 Å². The van der Waals surface area contributed by atoms with Crippen LogP contribution in [-0.4, -0.2) is 50.8 Å². The van der Waals surface area contributed by atoms with Gasteiger partial charge in [-0.2, -0.15) is 0 Å². The van der Waals surface area contributed by atoms with Gasteiger partial charge in [0.2, 0.25) is 0 Å². The predicted molar refractivity (Wildman–Crippen MR) is 152 cm³/mol. The summed E-state index contributed by atoms with van der Waals surface area (Å²) < 4.78 is 20.0. The summed E-state index contributed by atoms with van der Waals surface area (Å²) in [6, 6.07) is 26.0. The second kappa shape index (κ2) is 18.2. The zero-order valence-corrected chi connectivity index (χ0v) is 23.0. The fraction of sp³-hybridized carbons (Fsp3) is 0.267. The highest BCUT2D eigenvalue weighted by molar-refractivity contribution is 5.69. The third-order valence-corrected chi connectivity index (χ3v) is 5.52. The SMILES string of the molecule is O=C(NCc1ccccc1)OCCOC(=O)NCc1cccc(CNC(=O)OCCOC(=O)NCc2ccccc2)c1. The molecular weight excluding hydrogens is 544 g/mol. The Hall–Kier alpha value is -5.26. The van der Waals surface area contributed by atoms with Crippen LogP contribution < -0.4 is 21.3 Å². The molecule has 0 saturated carbocycles. The van der Waals surface area contributed by atoms with E-state index in [0.717, 1.165) is 22.3 Å². The average molecular weight is 579 g/mol. The number of carbonyl (C=O) groups is 4. The molecule has 0 aliphatic heterocycles. The lowest BCUT2D eigenvalue weighted by Gasteiger charge is -2.10. The number of benzene rings is 3. The summed E-state index contributed by atoms with van der Waals surface area (Å²) in [5.74, 6) is 0. The second-order valence-corrected chi connectivity index (χ2v) is 8.75. The minimum absolute atomic E-state index is 0.0844. The van der Waals surface area contributed by atoms with Gasteiger partial charge < -0.3 is 40.2 Å². The third kappa shape index (κ3) is 13.2. The van der Waals surface area contributed by atoms with E-state index in [1.165, 1.54) is 0 Å². The van der Waals surface area contributed by atoms with Crippen molar-refractivity contribution >= 4 is 24.4 Å². The summed E-state index contributed by atoms with van der Waals surface area (Å²) in [5.41, 5.74) is 3.44. The molecule has 12 heteroatoms. The molecule has 4 amide bonds. The molecule has 0 spiro atoms. The number of nitrogens with one attached hydrogen (secondary N) is 4. The lowest BCUT2D eigenvalue weighted by atomic mass is 10.1. The van der Waals surface area contributed by atoms with Gasteiger partial charge in [-0.1, -0.05) is 84.9 Å². The largest absolute Gasteiger partial charge is 0.446 e. The number of carbonyl (C=O) groups excluding carboxylic acids is 4. The Morgan fingerprint density at radius 2 is 0.690 bits per heavy atom. The molecule has 0 radical (unpaired) electrons. The van der Waals surface area contributed by atoms with Gasteiger partial charge in [-0.05, 0) is 22.3 Å². The molecule has 0 saturated heterocycles. The van der Waals surface area contributed by atoms with Gasteiger partial charge in [-0.3, -0.25) is 0 Å². The minimum Gasteiger partial charge on any atom is -0.446 e. The van der Waals surface area contributed by atoms with Crippen LogP contribution in [0.25, 0.3) is 0 Å². The number of ether oxygens (including phenoxy) is 4. The molecule has 3 rings (SSSR count). The van der Waals surface area contributed by atoms with Gasteiger partial charge in [-0.15, -0.1) is 0 Å². The van der Waals surface area contributed by atoms with Crippen LogP contribution in [0.4, 0.5) is 19.2 Å². The number of alkyl carbamates (subject to hydrolysis) is 4. The van der Waals surface area contributed by atoms with Crippen molar-refractivity contribution in [3.8, 4) is 0 Å². The van der Waals surface area contributed by atoms with Crippen molar-refractivity contribution in [3.63, 3.8) is 0 Å². The Kier molecular flexibility index (Phi) is 13.5. The number of hydrogen-bond donors (Lipinski definition) is 4. The van der Waals surface area contributed by atoms with Crippen molar-refractivity contribution in [3.05, 3.63) is 107 Å². The van der Waals surface area contributed by atoms with Crippen LogP contribution in [-0.2, 0) is 45.1 Å². The molecule has 0 bridgehead atoms. The van der Waals surface area contributed by atoms with Gasteiger partial charge in [0, 0.05) is 26.2 Å². The molecule has 12 nitrogen and oxygen atoms in total. The maximum Gasteiger partial charge on any atom is 0.407 e. The van der Waals surface area contributed by atoms with E-state index in [9.17, 15) is 19.2 Å². The molecule has 0 atom stereocenters. The second-order valence-electron chi connectivity index (χ2n) is 8.75. The van der Waals surface area contributed by atoms with Crippen molar-refractivity contribution in [2.75, 3.05) is 26.4 Å². The van der Waals surface area contributed by atoms with Gasteiger partial charge in [0.05, 0.1) is 0 Å². The van der Waals surface area contributed by atoms with Crippen LogP contribution in [0.1, 0.15) is 22.3 Å². The van der Waals surface area contributed by atoms with E-state index in [2.05, 4.69) is 21.3 Å². The molecule has 0 unspecified atom stereocenters. The van der Waals surface area contributed by atoms with Gasteiger partial charge >= 0.3 is 24.4 Å². The Morgan fingerprint density at radius 1 is 0.405 bits per heavy atom. The molecule has 0 heterocycles. The molecule has 0 aliphatic rings. The van der Waals surface area contributed by atoms with E-state index in [1.54, 1.807) is 12.1 Å². The first-order valence-corrected chi connectivity index (χ1v) is 13.3. The van der Waals surface area contributed by atoms with E-state index in [1.807, 2.05) is 72.8 Å². The molecule has 4 N–H and O–H groups in total. The number of hydrogen-bond acceptors (Lipinski definition) is 8. The summed E-state index contributed by atoms with van der Waals surface area (Å²) in [7, 11) is 0. The van der Waals surface area contributed by atoms with E-state index in [-0.39, 0.29) is 39.5 Å². The highest BCUT2D eigenvalue weighted by atomic mass is 16.6. The lowest BCUT2D eigenvalue weighted by molar-refractivity contribution is 0.0952. The van der Waals surface area contributed by atoms with Gasteiger partial charge in [0.1, 0.15) is 26.4 Å². The average Bonchev–Trinajstić information content (AvgIpc) is 3.02. The van der Waals surface area contributed by atoms with Crippen molar-refractivity contribution in [2.45, 2.75) is 26.2 Å². The first-order valence-electron chi connectivity index (χ1n) is 13.3. The zero-order valence-electron chi connectivity index (χ0n) is 23.0. The normalized spacial score (nSPS) is 10.1. The molecule has 42 heavy (non-hydrogen) atoms. The first kappa shape index (κ1) is 31.3. The van der Waals surface area contributed by atoms with Crippen LogP contribution in [0.2, 0.25) is 0 Å². The lowest BCUT2D eigenvalue weighted by Crippen LogP contribution is -2.28. The smallest absolute Gasteiger partial charge is 0.407 e. The van der Waals surface area contributed by atoms with Crippen molar-refractivity contribution in [2.24, 2.45) is 0 Å². The van der Waals surface area contributed by atoms with Crippen molar-refractivity contribution < 1.29 is 38.1 Å². The van der Waals surface area contributed by atoms with Crippen molar-refractivity contribution in [1.82, 2.24) is 21.3 Å². The predicted octanol–water partition coefficient (Wildman–Crippen LogP) is 3.99. The molecule has 3 aromatic carbocycles. The number of amides is 4. The Bertz CT molecular complexity index is 1180. The zero-order chi connectivity index (χ0) is 29.8. The summed E-state index contributed by atoms with van der Waals surface area (Å²) in [4.78, 5) is 47.3. The molecule has 222 valence electrons. The summed E-state index contributed by atoms with van der Waals surface area (Å²) in [6.45, 7) is 0.694. The molecule has 0 aromatic heterocycles. The van der Waals surface area contributed by atoms with Crippen LogP contribution in [0.15, 0.2) is 84.9 Å². The van der Waals surface area contributed by atoms with Crippen LogP contribution in [0, 0.1) is 0 Å². The van der Waals surface area contributed by atoms with Crippen molar-refractivity contribution in [1.29, 1.82) is 0 Å². The van der Waals surface area contributed by atoms with Crippen LogP contribution in [0.5, 0.6) is 0 Å². The fourth-order valence-corrected chi connectivity index (χ4v) is 3.48. The molecule has 3 aromatic rings. The maximum absolute atomic E-state index is 11.9. The number of rotatable bonds is 14. The highest BCUT2D eigenvalue weighted by Crippen LogP contribution is 2.05. The standard InChI is InChI=1S/C30H34N4O8/c35-27(31-19-23-8-3-1-4-9-23)39-14-16-41-29(37)33-21-25-12-7-13-26(18-25)22-34-30(38)42-17-15-40-28(36)32-20-24-10-5-2-6-11-24/h1-13,18H,14-17,19-22H2,(H,31,35)(H,32,36)(H,33,37)(H,34,38). The molecule has 0 aliphatic carbocycles. The third-order valence-electron chi connectivity index (χ3n) is 5.52. The molecular formula is C30H34N4O8. The fourth-order valence-electron chi connectivity index (χ4n) is 3.48. The highest BCUT2D eigenvalue weighted by Gasteiger charge is 2.07. The summed E-state index contributed by atoms with van der Waals surface area (Å²) >= 11 is 0. The van der Waals surface area contributed by atoms with E-state index in [4.69, 9.17) is 18.9 Å². The Morgan fingerprint density at radius 3 is 1.02 bits per heavy atom. The van der Waals surface area contributed by atoms with E-state index >= 15 is 0 Å². The quantitative estimate of drug-likeness (QED) is 0.165. The Balaban J connectivity index is 1.21. The first-order chi connectivity index (χ1) is 20.5. The van der Waals surface area contributed by atoms with Gasteiger partial charge in [-0.25, -0.2) is 19.2 Å². The summed E-state index contributed by atoms with van der Waals surface area (Å²) in [6.07, 6.45) is -2.53. The molecule has 0 fully saturated rings. The minimum atomic E-state index is -0.661. The van der Waals surface area contributed by atoms with E-state index in [0.29, 0.717) is 13.1 Å². The topological polar surface area (TPSA) is 153 Å². The van der Waals surface area contributed by atoms with Crippen LogP contribution >= 0.6 is 0 Å². The van der Waals surface area contributed by atoms with E-state index < -0.39 is 24.4 Å². The van der Waals surface area contributed by atoms with Crippen LogP contribution in [0.3, 0.4) is 0 Å². The Labute approximate surface area is 243 Å². The van der Waals surface area contributed by atoms with Gasteiger partial charge in [0.25, 0.3) is 0 Å². The summed E-state index contributed by atoms with van der Waals surface area (Å²) in [5, 5.41) is 10.4.